The van der Waals surface area contributed by atoms with Crippen molar-refractivity contribution in [2.75, 3.05) is 31.3 Å². The summed E-state index contributed by atoms with van der Waals surface area (Å²) in [5, 5.41) is 8.90. The predicted octanol–water partition coefficient (Wildman–Crippen LogP) is 1.30. The molecule has 0 aromatic heterocycles. The van der Waals surface area contributed by atoms with Gasteiger partial charge in [0.15, 0.2) is 0 Å². The molecule has 1 aliphatic rings. The first-order valence-corrected chi connectivity index (χ1v) is 9.61. The summed E-state index contributed by atoms with van der Waals surface area (Å²) in [6.45, 7) is 1.77. The van der Waals surface area contributed by atoms with Crippen molar-refractivity contribution in [2.24, 2.45) is 0 Å². The summed E-state index contributed by atoms with van der Waals surface area (Å²) < 4.78 is 46.1. The second-order valence-electron chi connectivity index (χ2n) is 5.29. The Morgan fingerprint density at radius 3 is 2.86 bits per heavy atom. The Morgan fingerprint density at radius 1 is 1.50 bits per heavy atom. The molecule has 1 fully saturated rings. The van der Waals surface area contributed by atoms with Crippen LogP contribution in [0.2, 0.25) is 0 Å². The minimum absolute atomic E-state index is 0.0665. The van der Waals surface area contributed by atoms with Gasteiger partial charge in [-0.1, -0.05) is 0 Å². The molecule has 0 saturated carbocycles. The van der Waals surface area contributed by atoms with Crippen molar-refractivity contribution < 1.29 is 22.7 Å². The summed E-state index contributed by atoms with van der Waals surface area (Å²) in [5.74, 6) is 1.10. The highest BCUT2D eigenvalue weighted by atomic mass is 32.2. The molecule has 2 rings (SSSR count). The highest BCUT2D eigenvalue weighted by Crippen LogP contribution is 2.31. The molecule has 1 atom stereocenters. The van der Waals surface area contributed by atoms with E-state index >= 15 is 0 Å². The Hall–Kier alpha value is -0.670. The fourth-order valence-electron chi connectivity index (χ4n) is 2.37. The van der Waals surface area contributed by atoms with E-state index in [4.69, 9.17) is 9.84 Å². The first-order valence-electron chi connectivity index (χ1n) is 6.97. The summed E-state index contributed by atoms with van der Waals surface area (Å²) >= 11 is 1.69. The van der Waals surface area contributed by atoms with E-state index in [0.29, 0.717) is 11.3 Å². The Morgan fingerprint density at radius 2 is 2.27 bits per heavy atom. The molecule has 1 saturated heterocycles. The molecule has 1 unspecified atom stereocenters. The van der Waals surface area contributed by atoms with E-state index in [-0.39, 0.29) is 24.7 Å². The molecule has 124 valence electrons. The quantitative estimate of drug-likeness (QED) is 0.776. The number of halogens is 1. The fraction of sp³-hybridized carbons (Fsp3) is 0.571. The molecule has 1 aromatic carbocycles. The van der Waals surface area contributed by atoms with Crippen LogP contribution in [-0.2, 0) is 14.8 Å². The molecule has 1 aromatic rings. The molecule has 22 heavy (non-hydrogen) atoms. The zero-order valence-electron chi connectivity index (χ0n) is 12.3. The van der Waals surface area contributed by atoms with Gasteiger partial charge >= 0.3 is 0 Å². The third-order valence-corrected chi connectivity index (χ3v) is 6.36. The van der Waals surface area contributed by atoms with Gasteiger partial charge in [-0.2, -0.15) is 11.8 Å². The molecule has 1 aliphatic heterocycles. The average Bonchev–Trinajstić information content (AvgIpc) is 2.92. The van der Waals surface area contributed by atoms with Gasteiger partial charge in [0, 0.05) is 12.3 Å². The molecule has 0 amide bonds. The van der Waals surface area contributed by atoms with Crippen LogP contribution in [0.1, 0.15) is 12.0 Å². The smallest absolute Gasteiger partial charge is 0.240 e. The van der Waals surface area contributed by atoms with E-state index in [2.05, 4.69) is 4.72 Å². The van der Waals surface area contributed by atoms with Crippen molar-refractivity contribution in [3.63, 3.8) is 0 Å². The molecule has 0 radical (unpaired) electrons. The van der Waals surface area contributed by atoms with E-state index in [1.54, 1.807) is 18.7 Å². The monoisotopic (exact) mass is 349 g/mol. The Balaban J connectivity index is 2.11. The van der Waals surface area contributed by atoms with Gasteiger partial charge in [0.05, 0.1) is 23.7 Å². The Bertz CT molecular complexity index is 615. The largest absolute Gasteiger partial charge is 0.394 e. The second-order valence-corrected chi connectivity index (χ2v) is 8.13. The van der Waals surface area contributed by atoms with Gasteiger partial charge < -0.3 is 9.84 Å². The number of sulfonamides is 1. The summed E-state index contributed by atoms with van der Waals surface area (Å²) in [5.41, 5.74) is -0.229. The van der Waals surface area contributed by atoms with Gasteiger partial charge in [0.1, 0.15) is 5.82 Å². The molecule has 0 spiro atoms. The van der Waals surface area contributed by atoms with E-state index in [1.165, 1.54) is 12.1 Å². The molecule has 8 heteroatoms. The number of ether oxygens (including phenoxy) is 1. The maximum Gasteiger partial charge on any atom is 0.240 e. The normalized spacial score (nSPS) is 22.1. The van der Waals surface area contributed by atoms with Gasteiger partial charge in [0.25, 0.3) is 0 Å². The van der Waals surface area contributed by atoms with Crippen molar-refractivity contribution in [3.05, 3.63) is 29.6 Å². The molecule has 2 N–H and O–H groups in total. The van der Waals surface area contributed by atoms with Crippen molar-refractivity contribution >= 4 is 21.8 Å². The molecular weight excluding hydrogens is 329 g/mol. The standard InChI is InChI=1S/C14H20FNO4S2/c1-11-8-12(15)2-3-13(11)22(18,19)16-9-14(20-6-5-17)4-7-21-10-14/h2-3,8,16-17H,4-7,9-10H2,1H3. The predicted molar refractivity (Wildman–Crippen MR) is 84.0 cm³/mol. The molecule has 0 aliphatic carbocycles. The van der Waals surface area contributed by atoms with Gasteiger partial charge in [-0.25, -0.2) is 17.5 Å². The average molecular weight is 349 g/mol. The van der Waals surface area contributed by atoms with E-state index in [1.807, 2.05) is 0 Å². The van der Waals surface area contributed by atoms with Gasteiger partial charge in [-0.15, -0.1) is 0 Å². The highest BCUT2D eigenvalue weighted by Gasteiger charge is 2.36. The number of rotatable bonds is 7. The van der Waals surface area contributed by atoms with Crippen LogP contribution >= 0.6 is 11.8 Å². The number of hydrogen-bond donors (Lipinski definition) is 2. The minimum Gasteiger partial charge on any atom is -0.394 e. The van der Waals surface area contributed by atoms with Crippen LogP contribution < -0.4 is 4.72 Å². The van der Waals surface area contributed by atoms with Gasteiger partial charge in [-0.3, -0.25) is 0 Å². The number of benzene rings is 1. The maximum atomic E-state index is 13.1. The van der Waals surface area contributed by atoms with Crippen molar-refractivity contribution in [3.8, 4) is 0 Å². The third kappa shape index (κ3) is 4.20. The molecule has 1 heterocycles. The Labute approximate surface area is 134 Å². The van der Waals surface area contributed by atoms with Crippen molar-refractivity contribution in [1.29, 1.82) is 0 Å². The zero-order chi connectivity index (χ0) is 16.2. The SMILES string of the molecule is Cc1cc(F)ccc1S(=O)(=O)NCC1(OCCO)CCSC1. The van der Waals surface area contributed by atoms with Gasteiger partial charge in [0.2, 0.25) is 10.0 Å². The fourth-order valence-corrected chi connectivity index (χ4v) is 5.07. The van der Waals surface area contributed by atoms with Crippen LogP contribution in [0.15, 0.2) is 23.1 Å². The van der Waals surface area contributed by atoms with Crippen LogP contribution in [-0.4, -0.2) is 50.4 Å². The summed E-state index contributed by atoms with van der Waals surface area (Å²) in [6.07, 6.45) is 0.725. The highest BCUT2D eigenvalue weighted by molar-refractivity contribution is 7.99. The molecular formula is C14H20FNO4S2. The van der Waals surface area contributed by atoms with E-state index in [0.717, 1.165) is 18.2 Å². The first kappa shape index (κ1) is 17.7. The second kappa shape index (κ2) is 7.27. The number of aliphatic hydroxyl groups is 1. The molecule has 5 nitrogen and oxygen atoms in total. The lowest BCUT2D eigenvalue weighted by Gasteiger charge is -2.28. The maximum absolute atomic E-state index is 13.1. The zero-order valence-corrected chi connectivity index (χ0v) is 14.0. The lowest BCUT2D eigenvalue weighted by atomic mass is 10.0. The van der Waals surface area contributed by atoms with Crippen LogP contribution in [0.5, 0.6) is 0 Å². The number of aliphatic hydroxyl groups excluding tert-OH is 1. The van der Waals surface area contributed by atoms with E-state index in [9.17, 15) is 12.8 Å². The third-order valence-electron chi connectivity index (χ3n) is 3.58. The number of aryl methyl sites for hydroxylation is 1. The Kier molecular flexibility index (Phi) is 5.84. The van der Waals surface area contributed by atoms with Crippen LogP contribution in [0.4, 0.5) is 4.39 Å². The summed E-state index contributed by atoms with van der Waals surface area (Å²) in [4.78, 5) is 0.0665. The van der Waals surface area contributed by atoms with Crippen LogP contribution in [0, 0.1) is 12.7 Å². The lowest BCUT2D eigenvalue weighted by Crippen LogP contribution is -2.45. The van der Waals surface area contributed by atoms with Gasteiger partial charge in [-0.05, 0) is 42.9 Å². The summed E-state index contributed by atoms with van der Waals surface area (Å²) in [7, 11) is -3.73. The summed E-state index contributed by atoms with van der Waals surface area (Å²) in [6, 6.07) is 3.58. The van der Waals surface area contributed by atoms with E-state index < -0.39 is 21.4 Å². The van der Waals surface area contributed by atoms with Crippen LogP contribution in [0.3, 0.4) is 0 Å². The minimum atomic E-state index is -3.73. The first-order chi connectivity index (χ1) is 10.4. The number of thioether (sulfide) groups is 1. The lowest BCUT2D eigenvalue weighted by molar-refractivity contribution is -0.0358. The molecule has 0 bridgehead atoms. The van der Waals surface area contributed by atoms with Crippen molar-refractivity contribution in [2.45, 2.75) is 23.8 Å². The van der Waals surface area contributed by atoms with Crippen molar-refractivity contribution in [1.82, 2.24) is 4.72 Å². The number of hydrogen-bond acceptors (Lipinski definition) is 5. The number of nitrogens with one attached hydrogen (secondary N) is 1. The topological polar surface area (TPSA) is 75.6 Å². The van der Waals surface area contributed by atoms with Crippen LogP contribution in [0.25, 0.3) is 0 Å².